The lowest BCUT2D eigenvalue weighted by Gasteiger charge is -2.10. The van der Waals surface area contributed by atoms with E-state index >= 15 is 0 Å². The van der Waals surface area contributed by atoms with Crippen molar-refractivity contribution in [2.24, 2.45) is 0 Å². The Balaban J connectivity index is 1.88. The van der Waals surface area contributed by atoms with Gasteiger partial charge in [-0.1, -0.05) is 0 Å². The minimum atomic E-state index is -3.44. The standard InChI is InChI=1S/C15H16FNO4S/c16-12-4-3-10-6-11(15(18)17-14(10)7-12)8-22(19,20)9-13-2-1-5-21-13/h3-4,6-7,13H,1-2,5,8-9H2,(H,17,18). The summed E-state index contributed by atoms with van der Waals surface area (Å²) in [6, 6.07) is 5.49. The number of benzene rings is 1. The first-order valence-electron chi connectivity index (χ1n) is 7.06. The molecule has 1 atom stereocenters. The van der Waals surface area contributed by atoms with E-state index in [9.17, 15) is 17.6 Å². The van der Waals surface area contributed by atoms with Crippen molar-refractivity contribution in [3.8, 4) is 0 Å². The Morgan fingerprint density at radius 1 is 1.32 bits per heavy atom. The second kappa shape index (κ2) is 5.81. The van der Waals surface area contributed by atoms with Crippen LogP contribution in [0.15, 0.2) is 29.1 Å². The van der Waals surface area contributed by atoms with Crippen LogP contribution in [-0.4, -0.2) is 31.9 Å². The summed E-state index contributed by atoms with van der Waals surface area (Å²) in [5.74, 6) is -0.870. The Kier molecular flexibility index (Phi) is 4.01. The van der Waals surface area contributed by atoms with Crippen molar-refractivity contribution in [2.75, 3.05) is 12.4 Å². The highest BCUT2D eigenvalue weighted by atomic mass is 32.2. The number of aromatic amines is 1. The fourth-order valence-corrected chi connectivity index (χ4v) is 4.32. The van der Waals surface area contributed by atoms with E-state index in [4.69, 9.17) is 4.74 Å². The summed E-state index contributed by atoms with van der Waals surface area (Å²) in [6.45, 7) is 0.586. The molecule has 0 saturated carbocycles. The second-order valence-corrected chi connectivity index (χ2v) is 7.65. The average molecular weight is 325 g/mol. The molecule has 0 spiro atoms. The lowest BCUT2D eigenvalue weighted by molar-refractivity contribution is 0.127. The normalized spacial score (nSPS) is 18.9. The molecule has 1 aromatic carbocycles. The first kappa shape index (κ1) is 15.2. The SMILES string of the molecule is O=c1[nH]c2cc(F)ccc2cc1CS(=O)(=O)CC1CCCO1. The molecule has 1 saturated heterocycles. The molecule has 7 heteroatoms. The van der Waals surface area contributed by atoms with Crippen LogP contribution < -0.4 is 5.56 Å². The summed E-state index contributed by atoms with van der Waals surface area (Å²) in [5.41, 5.74) is 0.0106. The Hall–Kier alpha value is -1.73. The Morgan fingerprint density at radius 2 is 2.14 bits per heavy atom. The molecule has 22 heavy (non-hydrogen) atoms. The van der Waals surface area contributed by atoms with Gasteiger partial charge in [0.25, 0.3) is 5.56 Å². The number of fused-ring (bicyclic) bond motifs is 1. The van der Waals surface area contributed by atoms with Crippen molar-refractivity contribution >= 4 is 20.7 Å². The predicted molar refractivity (Wildman–Crippen MR) is 81.0 cm³/mol. The van der Waals surface area contributed by atoms with Crippen molar-refractivity contribution in [3.05, 3.63) is 46.0 Å². The van der Waals surface area contributed by atoms with Gasteiger partial charge in [-0.2, -0.15) is 0 Å². The topological polar surface area (TPSA) is 76.2 Å². The Morgan fingerprint density at radius 3 is 2.86 bits per heavy atom. The average Bonchev–Trinajstić information content (AvgIpc) is 2.91. The lowest BCUT2D eigenvalue weighted by Crippen LogP contribution is -2.24. The van der Waals surface area contributed by atoms with Gasteiger partial charge >= 0.3 is 0 Å². The zero-order valence-electron chi connectivity index (χ0n) is 11.8. The molecule has 1 aliphatic heterocycles. The van der Waals surface area contributed by atoms with Gasteiger partial charge in [0.2, 0.25) is 0 Å². The fourth-order valence-electron chi connectivity index (χ4n) is 2.68. The molecule has 2 heterocycles. The summed E-state index contributed by atoms with van der Waals surface area (Å²) < 4.78 is 42.9. The number of hydrogen-bond acceptors (Lipinski definition) is 4. The van der Waals surface area contributed by atoms with Crippen LogP contribution in [0.2, 0.25) is 0 Å². The zero-order chi connectivity index (χ0) is 15.7. The van der Waals surface area contributed by atoms with Crippen LogP contribution in [0.5, 0.6) is 0 Å². The number of nitrogens with one attached hydrogen (secondary N) is 1. The number of ether oxygens (including phenoxy) is 1. The van der Waals surface area contributed by atoms with Crippen LogP contribution in [0, 0.1) is 5.82 Å². The summed E-state index contributed by atoms with van der Waals surface area (Å²) >= 11 is 0. The van der Waals surface area contributed by atoms with E-state index in [1.54, 1.807) is 0 Å². The Labute approximate surface area is 127 Å². The first-order valence-corrected chi connectivity index (χ1v) is 8.88. The van der Waals surface area contributed by atoms with E-state index in [2.05, 4.69) is 4.98 Å². The maximum absolute atomic E-state index is 13.1. The number of pyridine rings is 1. The molecule has 1 aromatic heterocycles. The molecule has 3 rings (SSSR count). The van der Waals surface area contributed by atoms with Gasteiger partial charge in [0, 0.05) is 12.2 Å². The second-order valence-electron chi connectivity index (χ2n) is 5.54. The third-order valence-electron chi connectivity index (χ3n) is 3.72. The molecule has 2 aromatic rings. The number of hydrogen-bond donors (Lipinski definition) is 1. The van der Waals surface area contributed by atoms with E-state index in [-0.39, 0.29) is 23.2 Å². The summed E-state index contributed by atoms with van der Waals surface area (Å²) in [5, 5.41) is 0.600. The van der Waals surface area contributed by atoms with Gasteiger partial charge in [0.05, 0.1) is 23.1 Å². The summed E-state index contributed by atoms with van der Waals surface area (Å²) in [6.07, 6.45) is 1.31. The van der Waals surface area contributed by atoms with Gasteiger partial charge in [0.1, 0.15) is 5.82 Å². The number of aromatic nitrogens is 1. The lowest BCUT2D eigenvalue weighted by atomic mass is 10.2. The van der Waals surface area contributed by atoms with Crippen LogP contribution in [0.4, 0.5) is 4.39 Å². The predicted octanol–water partition coefficient (Wildman–Crippen LogP) is 1.76. The van der Waals surface area contributed by atoms with Gasteiger partial charge in [-0.15, -0.1) is 0 Å². The van der Waals surface area contributed by atoms with E-state index in [0.717, 1.165) is 12.8 Å². The van der Waals surface area contributed by atoms with E-state index < -0.39 is 21.2 Å². The van der Waals surface area contributed by atoms with Crippen molar-refractivity contribution in [2.45, 2.75) is 24.7 Å². The number of halogens is 1. The molecule has 1 aliphatic rings. The maximum Gasteiger partial charge on any atom is 0.252 e. The number of sulfone groups is 1. The van der Waals surface area contributed by atoms with Crippen LogP contribution >= 0.6 is 0 Å². The monoisotopic (exact) mass is 325 g/mol. The van der Waals surface area contributed by atoms with Crippen molar-refractivity contribution in [1.82, 2.24) is 4.98 Å². The third-order valence-corrected chi connectivity index (χ3v) is 5.35. The highest BCUT2D eigenvalue weighted by Crippen LogP contribution is 2.17. The van der Waals surface area contributed by atoms with Crippen molar-refractivity contribution in [3.63, 3.8) is 0 Å². The van der Waals surface area contributed by atoms with Crippen LogP contribution in [0.1, 0.15) is 18.4 Å². The molecule has 0 aliphatic carbocycles. The fraction of sp³-hybridized carbons (Fsp3) is 0.400. The largest absolute Gasteiger partial charge is 0.377 e. The smallest absolute Gasteiger partial charge is 0.252 e. The van der Waals surface area contributed by atoms with Crippen molar-refractivity contribution in [1.29, 1.82) is 0 Å². The van der Waals surface area contributed by atoms with Gasteiger partial charge in [-0.25, -0.2) is 12.8 Å². The summed E-state index contributed by atoms with van der Waals surface area (Å²) in [4.78, 5) is 14.5. The first-order chi connectivity index (χ1) is 10.4. The molecule has 0 amide bonds. The van der Waals surface area contributed by atoms with E-state index in [1.165, 1.54) is 24.3 Å². The molecule has 1 unspecified atom stereocenters. The van der Waals surface area contributed by atoms with Gasteiger partial charge in [-0.3, -0.25) is 4.79 Å². The molecular formula is C15H16FNO4S. The minimum absolute atomic E-state index is 0.0755. The quantitative estimate of drug-likeness (QED) is 0.929. The highest BCUT2D eigenvalue weighted by Gasteiger charge is 2.24. The van der Waals surface area contributed by atoms with Gasteiger partial charge in [-0.05, 0) is 42.5 Å². The molecule has 118 valence electrons. The molecule has 1 fully saturated rings. The third kappa shape index (κ3) is 3.36. The van der Waals surface area contributed by atoms with E-state index in [0.29, 0.717) is 17.5 Å². The Bertz CT molecular complexity index is 853. The minimum Gasteiger partial charge on any atom is -0.377 e. The molecule has 0 radical (unpaired) electrons. The van der Waals surface area contributed by atoms with E-state index in [1.807, 2.05) is 0 Å². The van der Waals surface area contributed by atoms with Gasteiger partial charge in [0.15, 0.2) is 9.84 Å². The van der Waals surface area contributed by atoms with Crippen LogP contribution in [0.3, 0.4) is 0 Å². The highest BCUT2D eigenvalue weighted by molar-refractivity contribution is 7.90. The van der Waals surface area contributed by atoms with Crippen LogP contribution in [0.25, 0.3) is 10.9 Å². The summed E-state index contributed by atoms with van der Waals surface area (Å²) in [7, 11) is -3.44. The van der Waals surface area contributed by atoms with Crippen molar-refractivity contribution < 1.29 is 17.5 Å². The maximum atomic E-state index is 13.1. The van der Waals surface area contributed by atoms with Gasteiger partial charge < -0.3 is 9.72 Å². The van der Waals surface area contributed by atoms with Crippen LogP contribution in [-0.2, 0) is 20.3 Å². The zero-order valence-corrected chi connectivity index (χ0v) is 12.7. The molecular weight excluding hydrogens is 309 g/mol. The molecule has 5 nitrogen and oxygen atoms in total. The number of H-pyrrole nitrogens is 1. The number of rotatable bonds is 4. The molecule has 1 N–H and O–H groups in total. The molecule has 0 bridgehead atoms.